The van der Waals surface area contributed by atoms with Crippen molar-refractivity contribution in [2.24, 2.45) is 0 Å². The zero-order valence-corrected chi connectivity index (χ0v) is 16.5. The van der Waals surface area contributed by atoms with Gasteiger partial charge in [0.15, 0.2) is 25.0 Å². The Bertz CT molecular complexity index is 312. The van der Waals surface area contributed by atoms with Crippen LogP contribution in [-0.4, -0.2) is 35.1 Å². The summed E-state index contributed by atoms with van der Waals surface area (Å²) in [7, 11) is -4.64. The Labute approximate surface area is 126 Å². The molecule has 0 saturated heterocycles. The van der Waals surface area contributed by atoms with Gasteiger partial charge in [-0.2, -0.15) is 0 Å². The van der Waals surface area contributed by atoms with Crippen LogP contribution >= 0.6 is 8.38 Å². The predicted molar refractivity (Wildman–Crippen MR) is 89.9 cm³/mol. The second-order valence-electron chi connectivity index (χ2n) is 6.40. The Morgan fingerprint density at radius 1 is 1.20 bits per heavy atom. The normalized spacial score (nSPS) is 14.0. The van der Waals surface area contributed by atoms with Crippen LogP contribution in [0.4, 0.5) is 4.79 Å². The van der Waals surface area contributed by atoms with Gasteiger partial charge in [0, 0.05) is 0 Å². The number of carbonyl (C=O) groups is 1. The first kappa shape index (κ1) is 19.8. The molecular formula is C12H28NO4PSi2. The molecule has 0 aromatic rings. The van der Waals surface area contributed by atoms with E-state index >= 15 is 0 Å². The van der Waals surface area contributed by atoms with Gasteiger partial charge < -0.3 is 18.5 Å². The van der Waals surface area contributed by atoms with Crippen LogP contribution in [0.2, 0.25) is 39.3 Å². The Hall–Kier alpha value is -0.206. The number of ether oxygens (including phenoxy) is 1. The summed E-state index contributed by atoms with van der Waals surface area (Å²) in [6, 6.07) is 0. The quantitative estimate of drug-likeness (QED) is 0.408. The number of hydrogen-bond donors (Lipinski definition) is 1. The van der Waals surface area contributed by atoms with Gasteiger partial charge in [-0.3, -0.25) is 0 Å². The summed E-state index contributed by atoms with van der Waals surface area (Å²) < 4.78 is 17.1. The fourth-order valence-corrected chi connectivity index (χ4v) is 7.40. The molecule has 8 heteroatoms. The van der Waals surface area contributed by atoms with Gasteiger partial charge in [-0.1, -0.05) is 12.7 Å². The lowest BCUT2D eigenvalue weighted by Crippen LogP contribution is -2.38. The second kappa shape index (κ2) is 8.29. The molecule has 0 fully saturated rings. The topological polar surface area (TPSA) is 56.8 Å². The fraction of sp³-hybridized carbons (Fsp3) is 0.750. The van der Waals surface area contributed by atoms with Gasteiger partial charge in [0.2, 0.25) is 0 Å². The summed E-state index contributed by atoms with van der Waals surface area (Å²) in [4.78, 5) is 11.6. The van der Waals surface area contributed by atoms with E-state index < -0.39 is 31.1 Å². The second-order valence-corrected chi connectivity index (χ2v) is 17.7. The summed E-state index contributed by atoms with van der Waals surface area (Å²) in [5.74, 6) is -0.208. The average Bonchev–Trinajstić information content (AvgIpc) is 2.21. The minimum absolute atomic E-state index is 0.195. The summed E-state index contributed by atoms with van der Waals surface area (Å²) in [6.45, 7) is 18.2. The average molecular weight is 338 g/mol. The predicted octanol–water partition coefficient (Wildman–Crippen LogP) is 4.26. The van der Waals surface area contributed by atoms with Gasteiger partial charge in [-0.15, -0.1) is 0 Å². The van der Waals surface area contributed by atoms with Crippen molar-refractivity contribution in [1.29, 1.82) is 0 Å². The number of amides is 1. The van der Waals surface area contributed by atoms with Crippen LogP contribution in [0.25, 0.3) is 0 Å². The third kappa shape index (κ3) is 10.6. The SMILES string of the molecule is C=CCOC(=O)NC(C)P(O[Si](C)(C)C)O[Si](C)(C)C. The first-order valence-corrected chi connectivity index (χ1v) is 14.7. The maximum Gasteiger partial charge on any atom is 0.408 e. The number of nitrogens with one attached hydrogen (secondary N) is 1. The molecule has 0 rings (SSSR count). The molecule has 0 bridgehead atoms. The van der Waals surface area contributed by atoms with Gasteiger partial charge in [0.05, 0.1) is 5.78 Å². The lowest BCUT2D eigenvalue weighted by molar-refractivity contribution is 0.157. The van der Waals surface area contributed by atoms with Gasteiger partial charge >= 0.3 is 6.09 Å². The van der Waals surface area contributed by atoms with Crippen LogP contribution < -0.4 is 5.32 Å². The standard InChI is InChI=1S/C12H28NO4PSi2/c1-9-10-15-12(14)13-11(2)18(16-19(3,4)5)17-20(6,7)8/h9,11H,1,10H2,2-8H3,(H,13,14). The molecule has 20 heavy (non-hydrogen) atoms. The lowest BCUT2D eigenvalue weighted by atomic mass is 10.7. The van der Waals surface area contributed by atoms with Crippen molar-refractivity contribution in [3.8, 4) is 0 Å². The molecule has 0 aliphatic heterocycles. The molecule has 1 N–H and O–H groups in total. The van der Waals surface area contributed by atoms with E-state index in [2.05, 4.69) is 51.2 Å². The van der Waals surface area contributed by atoms with Crippen LogP contribution in [0, 0.1) is 0 Å². The monoisotopic (exact) mass is 337 g/mol. The minimum Gasteiger partial charge on any atom is -0.445 e. The van der Waals surface area contributed by atoms with Gasteiger partial charge in [0.1, 0.15) is 6.61 Å². The molecule has 0 saturated carbocycles. The molecule has 5 nitrogen and oxygen atoms in total. The zero-order chi connectivity index (χ0) is 16.0. The Balaban J connectivity index is 4.66. The lowest BCUT2D eigenvalue weighted by Gasteiger charge is -2.34. The van der Waals surface area contributed by atoms with Crippen LogP contribution in [0.5, 0.6) is 0 Å². The Kier molecular flexibility index (Phi) is 8.20. The molecule has 0 aromatic heterocycles. The highest BCUT2D eigenvalue weighted by atomic mass is 31.2. The van der Waals surface area contributed by atoms with Gasteiger partial charge in [-0.05, 0) is 46.2 Å². The number of rotatable bonds is 8. The molecule has 0 radical (unpaired) electrons. The zero-order valence-electron chi connectivity index (χ0n) is 13.6. The van der Waals surface area contributed by atoms with E-state index in [1.165, 1.54) is 6.08 Å². The van der Waals surface area contributed by atoms with Crippen molar-refractivity contribution in [3.05, 3.63) is 12.7 Å². The highest BCUT2D eigenvalue weighted by Gasteiger charge is 2.32. The summed E-state index contributed by atoms with van der Waals surface area (Å²) >= 11 is 0. The molecule has 0 aliphatic carbocycles. The van der Waals surface area contributed by atoms with E-state index in [0.717, 1.165) is 0 Å². The van der Waals surface area contributed by atoms with E-state index in [4.69, 9.17) is 13.2 Å². The first-order valence-electron chi connectivity index (χ1n) is 6.66. The Morgan fingerprint density at radius 3 is 2.00 bits per heavy atom. The van der Waals surface area contributed by atoms with Crippen molar-refractivity contribution in [1.82, 2.24) is 5.32 Å². The van der Waals surface area contributed by atoms with E-state index in [1.54, 1.807) is 0 Å². The molecule has 0 aliphatic rings. The first-order chi connectivity index (χ1) is 8.94. The molecule has 1 unspecified atom stereocenters. The number of hydrogen-bond acceptors (Lipinski definition) is 4. The largest absolute Gasteiger partial charge is 0.445 e. The highest BCUT2D eigenvalue weighted by molar-refractivity contribution is 7.51. The van der Waals surface area contributed by atoms with Crippen LogP contribution in [0.15, 0.2) is 12.7 Å². The maximum absolute atomic E-state index is 11.6. The molecule has 1 atom stereocenters. The van der Waals surface area contributed by atoms with Crippen molar-refractivity contribution in [2.45, 2.75) is 52.0 Å². The summed E-state index contributed by atoms with van der Waals surface area (Å²) in [5, 5.41) is 2.77. The third-order valence-corrected chi connectivity index (χ3v) is 8.29. The van der Waals surface area contributed by atoms with Crippen LogP contribution in [-0.2, 0) is 13.2 Å². The van der Waals surface area contributed by atoms with Crippen molar-refractivity contribution in [3.63, 3.8) is 0 Å². The molecule has 0 aromatic carbocycles. The van der Waals surface area contributed by atoms with E-state index in [9.17, 15) is 4.79 Å². The molecule has 1 amide bonds. The van der Waals surface area contributed by atoms with Crippen molar-refractivity contribution in [2.75, 3.05) is 6.61 Å². The van der Waals surface area contributed by atoms with Crippen molar-refractivity contribution >= 4 is 31.1 Å². The van der Waals surface area contributed by atoms with Gasteiger partial charge in [0.25, 0.3) is 0 Å². The number of carbonyl (C=O) groups excluding carboxylic acids is 1. The molecule has 0 heterocycles. The summed E-state index contributed by atoms with van der Waals surface area (Å²) in [5.41, 5.74) is 0. The molecule has 118 valence electrons. The highest BCUT2D eigenvalue weighted by Crippen LogP contribution is 2.47. The fourth-order valence-electron chi connectivity index (χ4n) is 1.12. The van der Waals surface area contributed by atoms with E-state index in [1.807, 2.05) is 6.92 Å². The van der Waals surface area contributed by atoms with E-state index in [-0.39, 0.29) is 12.4 Å². The molecular weight excluding hydrogens is 309 g/mol. The Morgan fingerprint density at radius 2 is 1.65 bits per heavy atom. The maximum atomic E-state index is 11.6. The summed E-state index contributed by atoms with van der Waals surface area (Å²) in [6.07, 6.45) is 1.06. The van der Waals surface area contributed by atoms with Gasteiger partial charge in [-0.25, -0.2) is 4.79 Å². The number of alkyl carbamates (subject to hydrolysis) is 1. The van der Waals surface area contributed by atoms with E-state index in [0.29, 0.717) is 0 Å². The third-order valence-electron chi connectivity index (χ3n) is 1.70. The minimum atomic E-state index is -1.74. The smallest absolute Gasteiger partial charge is 0.408 e. The van der Waals surface area contributed by atoms with Crippen LogP contribution in [0.3, 0.4) is 0 Å². The van der Waals surface area contributed by atoms with Crippen LogP contribution in [0.1, 0.15) is 6.92 Å². The van der Waals surface area contributed by atoms with Crippen molar-refractivity contribution < 1.29 is 18.0 Å². The molecule has 0 spiro atoms.